The molecule has 1 heterocycles. The second kappa shape index (κ2) is 11.8. The van der Waals surface area contributed by atoms with Crippen molar-refractivity contribution in [2.45, 2.75) is 12.5 Å². The highest BCUT2D eigenvalue weighted by Crippen LogP contribution is 2.37. The van der Waals surface area contributed by atoms with Gasteiger partial charge in [-0.3, -0.25) is 9.80 Å². The quantitative estimate of drug-likeness (QED) is 0.206. The van der Waals surface area contributed by atoms with Crippen molar-refractivity contribution in [3.8, 4) is 11.5 Å². The van der Waals surface area contributed by atoms with Crippen molar-refractivity contribution >= 4 is 35.1 Å². The summed E-state index contributed by atoms with van der Waals surface area (Å²) >= 11 is 6.11. The number of benzene rings is 4. The first kappa shape index (κ1) is 26.0. The van der Waals surface area contributed by atoms with Crippen molar-refractivity contribution in [3.05, 3.63) is 124 Å². The Kier molecular flexibility index (Phi) is 7.89. The summed E-state index contributed by atoms with van der Waals surface area (Å²) in [6.07, 6.45) is 2.35. The summed E-state index contributed by atoms with van der Waals surface area (Å²) in [5, 5.41) is 11.8. The number of nitrogens with one attached hydrogen (secondary N) is 1. The van der Waals surface area contributed by atoms with Crippen molar-refractivity contribution in [3.63, 3.8) is 0 Å². The van der Waals surface area contributed by atoms with Crippen molar-refractivity contribution in [2.75, 3.05) is 19.2 Å². The van der Waals surface area contributed by atoms with E-state index in [2.05, 4.69) is 22.7 Å². The van der Waals surface area contributed by atoms with E-state index in [1.54, 1.807) is 44.7 Å². The van der Waals surface area contributed by atoms with Gasteiger partial charge in [-0.2, -0.15) is 10.2 Å². The minimum absolute atomic E-state index is 0.0184. The van der Waals surface area contributed by atoms with Gasteiger partial charge in [-0.05, 0) is 77.4 Å². The molecule has 1 aliphatic heterocycles. The average Bonchev–Trinajstić information content (AvgIpc) is 3.43. The van der Waals surface area contributed by atoms with Crippen LogP contribution in [0.2, 0.25) is 5.02 Å². The number of nitrogens with zero attached hydrogens (tertiary/aromatic N) is 3. The summed E-state index contributed by atoms with van der Waals surface area (Å²) in [5.41, 5.74) is 8.00. The Morgan fingerprint density at radius 1 is 0.897 bits per heavy atom. The number of anilines is 1. The first-order chi connectivity index (χ1) is 19.0. The number of hydrogen-bond donors (Lipinski definition) is 1. The van der Waals surface area contributed by atoms with E-state index in [0.29, 0.717) is 16.3 Å². The fraction of sp³-hybridized carbons (Fsp3) is 0.129. The molecule has 1 N–H and O–H groups in total. The first-order valence-electron chi connectivity index (χ1n) is 12.4. The maximum absolute atomic E-state index is 12.3. The second-order valence-electron chi connectivity index (χ2n) is 8.91. The fourth-order valence-electron chi connectivity index (χ4n) is 4.34. The number of halogens is 1. The van der Waals surface area contributed by atoms with E-state index in [4.69, 9.17) is 26.2 Å². The Balaban J connectivity index is 1.33. The molecule has 4 aromatic carbocycles. The van der Waals surface area contributed by atoms with Crippen molar-refractivity contribution in [1.82, 2.24) is 5.43 Å². The summed E-state index contributed by atoms with van der Waals surface area (Å²) < 4.78 is 10.5. The van der Waals surface area contributed by atoms with E-state index in [9.17, 15) is 4.79 Å². The molecule has 1 aliphatic rings. The number of methoxy groups -OCH3 is 2. The van der Waals surface area contributed by atoms with Gasteiger partial charge in [0.2, 0.25) is 0 Å². The molecule has 7 nitrogen and oxygen atoms in total. The van der Waals surface area contributed by atoms with E-state index < -0.39 is 0 Å². The number of ether oxygens (including phenoxy) is 2. The molecule has 39 heavy (non-hydrogen) atoms. The molecule has 0 saturated carbocycles. The third-order valence-electron chi connectivity index (χ3n) is 6.48. The molecule has 0 spiro atoms. The Morgan fingerprint density at radius 2 is 1.51 bits per heavy atom. The van der Waals surface area contributed by atoms with Gasteiger partial charge in [0.1, 0.15) is 11.5 Å². The van der Waals surface area contributed by atoms with Gasteiger partial charge in [0.05, 0.1) is 37.9 Å². The van der Waals surface area contributed by atoms with E-state index >= 15 is 0 Å². The average molecular weight is 539 g/mol. The molecule has 4 aromatic rings. The van der Waals surface area contributed by atoms with Gasteiger partial charge >= 0.3 is 0 Å². The molecule has 0 saturated heterocycles. The number of hydrazone groups is 2. The largest absolute Gasteiger partial charge is 0.497 e. The third kappa shape index (κ3) is 6.10. The van der Waals surface area contributed by atoms with Crippen LogP contribution in [0.5, 0.6) is 11.5 Å². The SMILES string of the molecule is COc1ccc(C(=O)NN=Cc2ccc(N3N=C(c4ccc(Cl)cc4)C[C@@H]3c3ccc(OC)cc3)cc2)cc1. The molecule has 1 atom stereocenters. The summed E-state index contributed by atoms with van der Waals surface area (Å²) in [6.45, 7) is 0. The maximum Gasteiger partial charge on any atom is 0.271 e. The van der Waals surface area contributed by atoms with Gasteiger partial charge in [-0.15, -0.1) is 0 Å². The van der Waals surface area contributed by atoms with Crippen molar-refractivity contribution < 1.29 is 14.3 Å². The summed E-state index contributed by atoms with van der Waals surface area (Å²) in [7, 11) is 3.24. The van der Waals surface area contributed by atoms with Crippen LogP contribution < -0.4 is 19.9 Å². The van der Waals surface area contributed by atoms with Crippen LogP contribution in [-0.2, 0) is 0 Å². The van der Waals surface area contributed by atoms with E-state index in [1.165, 1.54) is 0 Å². The second-order valence-corrected chi connectivity index (χ2v) is 9.35. The summed E-state index contributed by atoms with van der Waals surface area (Å²) in [6, 6.07) is 30.6. The molecule has 0 radical (unpaired) electrons. The normalized spacial score (nSPS) is 14.8. The monoisotopic (exact) mass is 538 g/mol. The van der Waals surface area contributed by atoms with Gasteiger partial charge in [-0.25, -0.2) is 5.43 Å². The van der Waals surface area contributed by atoms with Gasteiger partial charge in [-0.1, -0.05) is 48.0 Å². The standard InChI is InChI=1S/C31H27ClN4O3/c1-38-27-15-7-23(8-16-27)30-19-29(22-5-11-25(32)12-6-22)35-36(30)26-13-3-21(4-14-26)20-33-34-31(37)24-9-17-28(39-2)18-10-24/h3-18,20,30H,19H2,1-2H3,(H,34,37)/t30-/m1/s1. The Bertz CT molecular complexity index is 1480. The van der Waals surface area contributed by atoms with Crippen LogP contribution in [0.25, 0.3) is 0 Å². The smallest absolute Gasteiger partial charge is 0.271 e. The predicted octanol–water partition coefficient (Wildman–Crippen LogP) is 6.48. The number of carbonyl (C=O) groups excluding carboxylic acids is 1. The maximum atomic E-state index is 12.3. The first-order valence-corrected chi connectivity index (χ1v) is 12.8. The molecule has 1 amide bonds. The zero-order valence-electron chi connectivity index (χ0n) is 21.5. The van der Waals surface area contributed by atoms with E-state index in [0.717, 1.165) is 40.3 Å². The number of hydrogen-bond acceptors (Lipinski definition) is 6. The van der Waals surface area contributed by atoms with Gasteiger partial charge in [0, 0.05) is 17.0 Å². The van der Waals surface area contributed by atoms with E-state index in [1.807, 2.05) is 65.7 Å². The highest BCUT2D eigenvalue weighted by molar-refractivity contribution is 6.30. The lowest BCUT2D eigenvalue weighted by Crippen LogP contribution is -2.18. The molecule has 0 aliphatic carbocycles. The molecule has 0 unspecified atom stereocenters. The lowest BCUT2D eigenvalue weighted by Gasteiger charge is -2.24. The summed E-state index contributed by atoms with van der Waals surface area (Å²) in [4.78, 5) is 12.3. The van der Waals surface area contributed by atoms with Crippen LogP contribution in [0.3, 0.4) is 0 Å². The Morgan fingerprint density at radius 3 is 2.13 bits per heavy atom. The van der Waals surface area contributed by atoms with Crippen LogP contribution in [0.1, 0.15) is 39.5 Å². The number of carbonyl (C=O) groups is 1. The molecule has 196 valence electrons. The van der Waals surface area contributed by atoms with Crippen LogP contribution in [-0.4, -0.2) is 32.1 Å². The molecular formula is C31H27ClN4O3. The molecule has 0 aromatic heterocycles. The Hall–Kier alpha value is -4.62. The number of amides is 1. The molecule has 0 fully saturated rings. The topological polar surface area (TPSA) is 75.5 Å². The highest BCUT2D eigenvalue weighted by Gasteiger charge is 2.30. The molecule has 5 rings (SSSR count). The molecule has 0 bridgehead atoms. The van der Waals surface area contributed by atoms with Gasteiger partial charge in [0.25, 0.3) is 5.91 Å². The van der Waals surface area contributed by atoms with Crippen LogP contribution in [0.15, 0.2) is 107 Å². The van der Waals surface area contributed by atoms with E-state index in [-0.39, 0.29) is 11.9 Å². The fourth-order valence-corrected chi connectivity index (χ4v) is 4.46. The summed E-state index contributed by atoms with van der Waals surface area (Å²) in [5.74, 6) is 1.20. The zero-order chi connectivity index (χ0) is 27.2. The van der Waals surface area contributed by atoms with Crippen LogP contribution in [0.4, 0.5) is 5.69 Å². The Labute approximate surface area is 232 Å². The molecule has 8 heteroatoms. The molecular weight excluding hydrogens is 512 g/mol. The van der Waals surface area contributed by atoms with Crippen LogP contribution >= 0.6 is 11.6 Å². The zero-order valence-corrected chi connectivity index (χ0v) is 22.3. The number of rotatable bonds is 8. The predicted molar refractivity (Wildman–Crippen MR) is 155 cm³/mol. The van der Waals surface area contributed by atoms with Gasteiger partial charge < -0.3 is 9.47 Å². The minimum Gasteiger partial charge on any atom is -0.497 e. The highest BCUT2D eigenvalue weighted by atomic mass is 35.5. The van der Waals surface area contributed by atoms with Crippen molar-refractivity contribution in [1.29, 1.82) is 0 Å². The van der Waals surface area contributed by atoms with Crippen molar-refractivity contribution in [2.24, 2.45) is 10.2 Å². The minimum atomic E-state index is -0.297. The third-order valence-corrected chi connectivity index (χ3v) is 6.73. The lowest BCUT2D eigenvalue weighted by molar-refractivity contribution is 0.0955. The van der Waals surface area contributed by atoms with Gasteiger partial charge in [0.15, 0.2) is 0 Å². The van der Waals surface area contributed by atoms with Crippen LogP contribution in [0, 0.1) is 0 Å². The lowest BCUT2D eigenvalue weighted by atomic mass is 9.98.